The smallest absolute Gasteiger partial charge is 0.145 e. The predicted molar refractivity (Wildman–Crippen MR) is 74.5 cm³/mol. The van der Waals surface area contributed by atoms with Gasteiger partial charge in [-0.15, -0.1) is 0 Å². The maximum absolute atomic E-state index is 13.9. The molecule has 1 nitrogen and oxygen atoms in total. The van der Waals surface area contributed by atoms with Crippen molar-refractivity contribution in [1.29, 1.82) is 0 Å². The van der Waals surface area contributed by atoms with E-state index in [9.17, 15) is 4.39 Å². The number of hydrogen-bond acceptors (Lipinski definition) is 1. The Morgan fingerprint density at radius 1 is 1.39 bits per heavy atom. The molecule has 2 rings (SSSR count). The van der Waals surface area contributed by atoms with Crippen LogP contribution < -0.4 is 5.32 Å². The lowest BCUT2D eigenvalue weighted by atomic mass is 9.92. The average Bonchev–Trinajstić information content (AvgIpc) is 2.88. The summed E-state index contributed by atoms with van der Waals surface area (Å²) in [6.07, 6.45) is 5.89. The van der Waals surface area contributed by atoms with Crippen molar-refractivity contribution in [2.45, 2.75) is 45.1 Å². The molecule has 18 heavy (non-hydrogen) atoms. The van der Waals surface area contributed by atoms with Gasteiger partial charge in [0.25, 0.3) is 0 Å². The summed E-state index contributed by atoms with van der Waals surface area (Å²) in [4.78, 5) is 0. The molecule has 1 fully saturated rings. The van der Waals surface area contributed by atoms with Crippen molar-refractivity contribution >= 4 is 11.6 Å². The molecule has 1 aliphatic carbocycles. The lowest BCUT2D eigenvalue weighted by Crippen LogP contribution is -2.37. The highest BCUT2D eigenvalue weighted by molar-refractivity contribution is 6.30. The summed E-state index contributed by atoms with van der Waals surface area (Å²) >= 11 is 5.84. The second-order valence-corrected chi connectivity index (χ2v) is 5.53. The van der Waals surface area contributed by atoms with Crippen LogP contribution in [0.5, 0.6) is 0 Å². The van der Waals surface area contributed by atoms with Crippen LogP contribution in [-0.2, 0) is 6.42 Å². The molecule has 0 spiro atoms. The van der Waals surface area contributed by atoms with Crippen LogP contribution in [-0.4, -0.2) is 12.6 Å². The largest absolute Gasteiger partial charge is 0.314 e. The topological polar surface area (TPSA) is 12.0 Å². The summed E-state index contributed by atoms with van der Waals surface area (Å²) in [5.74, 6) is 0.434. The van der Waals surface area contributed by atoms with Crippen LogP contribution in [0.25, 0.3) is 0 Å². The highest BCUT2D eigenvalue weighted by Gasteiger charge is 2.25. The first-order chi connectivity index (χ1) is 8.72. The van der Waals surface area contributed by atoms with Gasteiger partial charge in [-0.25, -0.2) is 4.39 Å². The molecule has 1 atom stereocenters. The Hall–Kier alpha value is -0.600. The van der Waals surface area contributed by atoms with Gasteiger partial charge >= 0.3 is 0 Å². The van der Waals surface area contributed by atoms with Crippen LogP contribution in [0.4, 0.5) is 4.39 Å². The second-order valence-electron chi connectivity index (χ2n) is 5.13. The van der Waals surface area contributed by atoms with E-state index < -0.39 is 0 Å². The molecule has 0 radical (unpaired) electrons. The lowest BCUT2D eigenvalue weighted by Gasteiger charge is -2.24. The van der Waals surface area contributed by atoms with E-state index in [4.69, 9.17) is 11.6 Å². The molecule has 1 aromatic rings. The van der Waals surface area contributed by atoms with E-state index in [1.165, 1.54) is 25.7 Å². The van der Waals surface area contributed by atoms with Crippen LogP contribution in [0.3, 0.4) is 0 Å². The molecule has 1 N–H and O–H groups in total. The van der Waals surface area contributed by atoms with Gasteiger partial charge in [-0.3, -0.25) is 0 Å². The van der Waals surface area contributed by atoms with E-state index in [-0.39, 0.29) is 10.8 Å². The quantitative estimate of drug-likeness (QED) is 0.845. The molecular weight excluding hydrogens is 249 g/mol. The Bertz CT molecular complexity index is 388. The zero-order chi connectivity index (χ0) is 13.0. The van der Waals surface area contributed by atoms with Crippen LogP contribution in [0.2, 0.25) is 5.02 Å². The van der Waals surface area contributed by atoms with Gasteiger partial charge in [-0.1, -0.05) is 43.5 Å². The van der Waals surface area contributed by atoms with Crippen molar-refractivity contribution in [1.82, 2.24) is 5.32 Å². The molecule has 0 saturated heterocycles. The summed E-state index contributed by atoms with van der Waals surface area (Å²) in [6.45, 7) is 3.04. The zero-order valence-electron chi connectivity index (χ0n) is 10.9. The zero-order valence-corrected chi connectivity index (χ0v) is 11.6. The standard InChI is InChI=1S/C15H21ClFN/c1-2-18-14(11-6-3-4-7-11)10-12-8-5-9-13(16)15(12)17/h5,8-9,11,14,18H,2-4,6-7,10H2,1H3. The molecule has 0 bridgehead atoms. The van der Waals surface area contributed by atoms with Gasteiger partial charge in [0.1, 0.15) is 5.82 Å². The first-order valence-corrected chi connectivity index (χ1v) is 7.26. The Morgan fingerprint density at radius 3 is 2.78 bits per heavy atom. The van der Waals surface area contributed by atoms with Crippen LogP contribution in [0, 0.1) is 11.7 Å². The summed E-state index contributed by atoms with van der Waals surface area (Å²) < 4.78 is 13.9. The van der Waals surface area contributed by atoms with Crippen molar-refractivity contribution in [3.8, 4) is 0 Å². The Balaban J connectivity index is 2.10. The average molecular weight is 270 g/mol. The normalized spacial score (nSPS) is 18.2. The molecule has 0 aromatic heterocycles. The molecule has 3 heteroatoms. The Labute approximate surface area is 114 Å². The van der Waals surface area contributed by atoms with E-state index in [0.717, 1.165) is 18.5 Å². The van der Waals surface area contributed by atoms with Gasteiger partial charge in [-0.05, 0) is 43.4 Å². The van der Waals surface area contributed by atoms with Gasteiger partial charge < -0.3 is 5.32 Å². The number of benzene rings is 1. The molecular formula is C15H21ClFN. The number of likely N-dealkylation sites (N-methyl/N-ethyl adjacent to an activating group) is 1. The fourth-order valence-electron chi connectivity index (χ4n) is 2.97. The molecule has 1 saturated carbocycles. The third-order valence-electron chi connectivity index (χ3n) is 3.91. The van der Waals surface area contributed by atoms with Crippen molar-refractivity contribution < 1.29 is 4.39 Å². The Kier molecular flexibility index (Phi) is 5.02. The first kappa shape index (κ1) is 13.8. The summed E-state index contributed by atoms with van der Waals surface area (Å²) in [7, 11) is 0. The fourth-order valence-corrected chi connectivity index (χ4v) is 3.16. The van der Waals surface area contributed by atoms with Crippen LogP contribution >= 0.6 is 11.6 Å². The third kappa shape index (κ3) is 3.24. The van der Waals surface area contributed by atoms with Crippen LogP contribution in [0.1, 0.15) is 38.2 Å². The van der Waals surface area contributed by atoms with E-state index in [1.54, 1.807) is 6.07 Å². The van der Waals surface area contributed by atoms with Crippen molar-refractivity contribution in [3.63, 3.8) is 0 Å². The van der Waals surface area contributed by atoms with Gasteiger partial charge in [0.2, 0.25) is 0 Å². The summed E-state index contributed by atoms with van der Waals surface area (Å²) in [5, 5.41) is 3.74. The predicted octanol–water partition coefficient (Wildman–Crippen LogP) is 4.19. The minimum Gasteiger partial charge on any atom is -0.314 e. The van der Waals surface area contributed by atoms with E-state index >= 15 is 0 Å². The summed E-state index contributed by atoms with van der Waals surface area (Å²) in [6, 6.07) is 5.67. The van der Waals surface area contributed by atoms with Gasteiger partial charge in [-0.2, -0.15) is 0 Å². The van der Waals surface area contributed by atoms with E-state index in [0.29, 0.717) is 12.0 Å². The summed E-state index contributed by atoms with van der Waals surface area (Å²) in [5.41, 5.74) is 0.736. The maximum Gasteiger partial charge on any atom is 0.145 e. The monoisotopic (exact) mass is 269 g/mol. The number of nitrogens with one attached hydrogen (secondary N) is 1. The van der Waals surface area contributed by atoms with Crippen molar-refractivity contribution in [2.24, 2.45) is 5.92 Å². The Morgan fingerprint density at radius 2 is 2.11 bits per heavy atom. The molecule has 1 aliphatic rings. The van der Waals surface area contributed by atoms with Gasteiger partial charge in [0.05, 0.1) is 5.02 Å². The molecule has 0 aliphatic heterocycles. The SMILES string of the molecule is CCNC(Cc1cccc(Cl)c1F)C1CCCC1. The molecule has 1 unspecified atom stereocenters. The minimum absolute atomic E-state index is 0.231. The third-order valence-corrected chi connectivity index (χ3v) is 4.20. The number of rotatable bonds is 5. The lowest BCUT2D eigenvalue weighted by molar-refractivity contribution is 0.359. The highest BCUT2D eigenvalue weighted by Crippen LogP contribution is 2.30. The van der Waals surface area contributed by atoms with Gasteiger partial charge in [0.15, 0.2) is 0 Å². The van der Waals surface area contributed by atoms with E-state index in [2.05, 4.69) is 12.2 Å². The minimum atomic E-state index is -0.250. The molecule has 0 heterocycles. The maximum atomic E-state index is 13.9. The highest BCUT2D eigenvalue weighted by atomic mass is 35.5. The fraction of sp³-hybridized carbons (Fsp3) is 0.600. The molecule has 100 valence electrons. The number of halogens is 2. The number of hydrogen-bond donors (Lipinski definition) is 1. The second kappa shape index (κ2) is 6.53. The molecule has 0 amide bonds. The van der Waals surface area contributed by atoms with Crippen LogP contribution in [0.15, 0.2) is 18.2 Å². The van der Waals surface area contributed by atoms with Crippen molar-refractivity contribution in [3.05, 3.63) is 34.6 Å². The van der Waals surface area contributed by atoms with Crippen molar-refractivity contribution in [2.75, 3.05) is 6.54 Å². The van der Waals surface area contributed by atoms with Gasteiger partial charge in [0, 0.05) is 6.04 Å². The first-order valence-electron chi connectivity index (χ1n) is 6.88. The van der Waals surface area contributed by atoms with E-state index in [1.807, 2.05) is 12.1 Å². The molecule has 1 aromatic carbocycles.